The van der Waals surface area contributed by atoms with Gasteiger partial charge in [0.25, 0.3) is 11.6 Å². The van der Waals surface area contributed by atoms with E-state index in [-0.39, 0.29) is 24.2 Å². The highest BCUT2D eigenvalue weighted by molar-refractivity contribution is 5.93. The molecule has 9 nitrogen and oxygen atoms in total. The summed E-state index contributed by atoms with van der Waals surface area (Å²) in [5.74, 6) is -1.34. The molecule has 1 aromatic rings. The van der Waals surface area contributed by atoms with Crippen LogP contribution in [0.4, 0.5) is 11.4 Å². The molecule has 1 aromatic carbocycles. The second-order valence-electron chi connectivity index (χ2n) is 6.20. The predicted octanol–water partition coefficient (Wildman–Crippen LogP) is 2.16. The third-order valence-corrected chi connectivity index (χ3v) is 4.25. The zero-order chi connectivity index (χ0) is 19.6. The number of ether oxygens (including phenoxy) is 1. The number of anilines is 1. The Kier molecular flexibility index (Phi) is 7.55. The monoisotopic (exact) mass is 374 g/mol. The van der Waals surface area contributed by atoms with Crippen molar-refractivity contribution < 1.29 is 19.2 Å². The lowest BCUT2D eigenvalue weighted by Crippen LogP contribution is -2.29. The van der Waals surface area contributed by atoms with Crippen LogP contribution >= 0.6 is 0 Å². The van der Waals surface area contributed by atoms with Crippen LogP contribution in [0.3, 0.4) is 0 Å². The summed E-state index contributed by atoms with van der Waals surface area (Å²) in [6, 6.07) is 6.10. The van der Waals surface area contributed by atoms with Crippen LogP contribution in [0.2, 0.25) is 0 Å². The normalized spacial score (nSPS) is 14.0. The van der Waals surface area contributed by atoms with Gasteiger partial charge in [0.2, 0.25) is 0 Å². The smallest absolute Gasteiger partial charge is 0.338 e. The van der Waals surface area contributed by atoms with Crippen molar-refractivity contribution in [1.29, 1.82) is 5.26 Å². The highest BCUT2D eigenvalue weighted by Crippen LogP contribution is 2.31. The van der Waals surface area contributed by atoms with Crippen molar-refractivity contribution in [2.45, 2.75) is 32.1 Å². The molecule has 2 rings (SSSR count). The molecule has 1 N–H and O–H groups in total. The van der Waals surface area contributed by atoms with Gasteiger partial charge in [0.1, 0.15) is 5.69 Å². The molecule has 1 fully saturated rings. The van der Waals surface area contributed by atoms with Gasteiger partial charge in [-0.25, -0.2) is 4.79 Å². The Hall–Kier alpha value is -3.15. The molecule has 0 saturated carbocycles. The molecular weight excluding hydrogens is 352 g/mol. The summed E-state index contributed by atoms with van der Waals surface area (Å²) in [6.07, 6.45) is 4.31. The number of nitrogens with zero attached hydrogens (tertiary/aromatic N) is 3. The minimum Gasteiger partial charge on any atom is -0.452 e. The minimum absolute atomic E-state index is 0.0186. The maximum absolute atomic E-state index is 12.1. The van der Waals surface area contributed by atoms with Crippen molar-refractivity contribution in [2.75, 3.05) is 31.1 Å². The number of benzene rings is 1. The average molecular weight is 374 g/mol. The van der Waals surface area contributed by atoms with Gasteiger partial charge >= 0.3 is 5.97 Å². The first-order chi connectivity index (χ1) is 13.0. The summed E-state index contributed by atoms with van der Waals surface area (Å²) in [5, 5.41) is 22.3. The number of nitrogens with one attached hydrogen (secondary N) is 1. The van der Waals surface area contributed by atoms with Crippen LogP contribution in [0, 0.1) is 21.4 Å². The first-order valence-electron chi connectivity index (χ1n) is 8.87. The molecule has 0 spiro atoms. The molecule has 0 aromatic heterocycles. The van der Waals surface area contributed by atoms with Crippen molar-refractivity contribution in [3.05, 3.63) is 33.9 Å². The van der Waals surface area contributed by atoms with Crippen molar-refractivity contribution in [3.63, 3.8) is 0 Å². The Morgan fingerprint density at radius 1 is 1.26 bits per heavy atom. The van der Waals surface area contributed by atoms with E-state index in [1.807, 2.05) is 11.0 Å². The van der Waals surface area contributed by atoms with Gasteiger partial charge in [-0.05, 0) is 25.0 Å². The second-order valence-corrected chi connectivity index (χ2v) is 6.20. The molecule has 0 bridgehead atoms. The summed E-state index contributed by atoms with van der Waals surface area (Å²) in [4.78, 5) is 36.6. The molecule has 1 aliphatic rings. The molecular formula is C18H22N4O5. The summed E-state index contributed by atoms with van der Waals surface area (Å²) < 4.78 is 4.89. The zero-order valence-electron chi connectivity index (χ0n) is 15.0. The lowest BCUT2D eigenvalue weighted by molar-refractivity contribution is -0.384. The van der Waals surface area contributed by atoms with Gasteiger partial charge in [-0.15, -0.1) is 0 Å². The molecule has 0 aliphatic carbocycles. The van der Waals surface area contributed by atoms with Crippen LogP contribution in [0.25, 0.3) is 0 Å². The van der Waals surface area contributed by atoms with E-state index in [1.165, 1.54) is 12.1 Å². The number of amides is 1. The minimum atomic E-state index is -0.809. The van der Waals surface area contributed by atoms with Gasteiger partial charge in [-0.3, -0.25) is 14.9 Å². The third kappa shape index (κ3) is 5.95. The fourth-order valence-corrected chi connectivity index (χ4v) is 2.90. The highest BCUT2D eigenvalue weighted by Gasteiger charge is 2.23. The molecule has 1 heterocycles. The van der Waals surface area contributed by atoms with E-state index in [4.69, 9.17) is 10.00 Å². The molecule has 0 unspecified atom stereocenters. The van der Waals surface area contributed by atoms with E-state index < -0.39 is 23.4 Å². The maximum atomic E-state index is 12.1. The van der Waals surface area contributed by atoms with Crippen molar-refractivity contribution in [2.24, 2.45) is 0 Å². The lowest BCUT2D eigenvalue weighted by Gasteiger charge is -2.22. The van der Waals surface area contributed by atoms with E-state index in [0.717, 1.165) is 38.8 Å². The van der Waals surface area contributed by atoms with Gasteiger partial charge in [-0.1, -0.05) is 12.8 Å². The number of hydrogen-bond donors (Lipinski definition) is 1. The first kappa shape index (κ1) is 20.2. The molecule has 0 radical (unpaired) electrons. The van der Waals surface area contributed by atoms with Crippen LogP contribution in [-0.2, 0) is 9.53 Å². The SMILES string of the molecule is N#CCCNC(=O)COC(=O)c1ccc(N2CCCCCC2)c([N+](=O)[O-])c1. The summed E-state index contributed by atoms with van der Waals surface area (Å²) >= 11 is 0. The van der Waals surface area contributed by atoms with Crippen LogP contribution in [0.15, 0.2) is 18.2 Å². The third-order valence-electron chi connectivity index (χ3n) is 4.25. The van der Waals surface area contributed by atoms with E-state index in [0.29, 0.717) is 5.69 Å². The Bertz CT molecular complexity index is 736. The van der Waals surface area contributed by atoms with E-state index >= 15 is 0 Å². The van der Waals surface area contributed by atoms with Crippen molar-refractivity contribution in [3.8, 4) is 6.07 Å². The van der Waals surface area contributed by atoms with Gasteiger partial charge in [0.15, 0.2) is 6.61 Å². The van der Waals surface area contributed by atoms with Crippen molar-refractivity contribution in [1.82, 2.24) is 5.32 Å². The van der Waals surface area contributed by atoms with Gasteiger partial charge in [0, 0.05) is 25.7 Å². The molecule has 9 heteroatoms. The number of nitriles is 1. The lowest BCUT2D eigenvalue weighted by atomic mass is 10.1. The van der Waals surface area contributed by atoms with Crippen LogP contribution < -0.4 is 10.2 Å². The number of nitro benzene ring substituents is 1. The van der Waals surface area contributed by atoms with E-state index in [1.54, 1.807) is 6.07 Å². The first-order valence-corrected chi connectivity index (χ1v) is 8.87. The van der Waals surface area contributed by atoms with Crippen LogP contribution in [0.1, 0.15) is 42.5 Å². The summed E-state index contributed by atoms with van der Waals surface area (Å²) in [6.45, 7) is 1.15. The quantitative estimate of drug-likeness (QED) is 0.335. The van der Waals surface area contributed by atoms with Crippen LogP contribution in [0.5, 0.6) is 0 Å². The molecule has 0 atom stereocenters. The number of hydrogen-bond acceptors (Lipinski definition) is 7. The summed E-state index contributed by atoms with van der Waals surface area (Å²) in [7, 11) is 0. The predicted molar refractivity (Wildman–Crippen MR) is 97.3 cm³/mol. The molecule has 1 saturated heterocycles. The number of rotatable bonds is 7. The largest absolute Gasteiger partial charge is 0.452 e. The van der Waals surface area contributed by atoms with Crippen LogP contribution in [-0.4, -0.2) is 43.0 Å². The fraction of sp³-hybridized carbons (Fsp3) is 0.500. The second kappa shape index (κ2) is 10.1. The highest BCUT2D eigenvalue weighted by atomic mass is 16.6. The standard InChI is InChI=1S/C18H22N4O5/c19-8-5-9-20-17(23)13-27-18(24)14-6-7-15(16(12-14)22(25)26)21-10-3-1-2-4-11-21/h6-7,12H,1-5,9-11,13H2,(H,20,23). The maximum Gasteiger partial charge on any atom is 0.338 e. The van der Waals surface area contributed by atoms with E-state index in [2.05, 4.69) is 5.32 Å². The Morgan fingerprint density at radius 2 is 1.96 bits per heavy atom. The molecule has 144 valence electrons. The molecule has 27 heavy (non-hydrogen) atoms. The topological polar surface area (TPSA) is 126 Å². The van der Waals surface area contributed by atoms with Gasteiger partial charge in [-0.2, -0.15) is 5.26 Å². The van der Waals surface area contributed by atoms with E-state index in [9.17, 15) is 19.7 Å². The van der Waals surface area contributed by atoms with Gasteiger partial charge in [0.05, 0.1) is 23.0 Å². The molecule has 1 aliphatic heterocycles. The molecule has 1 amide bonds. The Morgan fingerprint density at radius 3 is 2.59 bits per heavy atom. The summed E-state index contributed by atoms with van der Waals surface area (Å²) in [5.41, 5.74) is 0.364. The van der Waals surface area contributed by atoms with Crippen molar-refractivity contribution >= 4 is 23.3 Å². The Balaban J connectivity index is 2.06. The zero-order valence-corrected chi connectivity index (χ0v) is 15.0. The Labute approximate surface area is 157 Å². The van der Waals surface area contributed by atoms with Gasteiger partial charge < -0.3 is 15.0 Å². The fourth-order valence-electron chi connectivity index (χ4n) is 2.90. The number of nitro groups is 1. The number of carbonyl (C=O) groups excluding carboxylic acids is 2. The average Bonchev–Trinajstić information content (AvgIpc) is 2.95. The number of carbonyl (C=O) groups is 2. The number of esters is 1.